The number of likely N-dealkylation sites (tertiary alicyclic amines) is 1. The number of aryl methyl sites for hydroxylation is 1. The highest BCUT2D eigenvalue weighted by molar-refractivity contribution is 5.48. The Morgan fingerprint density at radius 2 is 1.66 bits per heavy atom. The summed E-state index contributed by atoms with van der Waals surface area (Å²) in [6.45, 7) is 12.3. The summed E-state index contributed by atoms with van der Waals surface area (Å²) in [6, 6.07) is 3.22. The summed E-state index contributed by atoms with van der Waals surface area (Å²) in [5.74, 6) is 1.42. The van der Waals surface area contributed by atoms with Gasteiger partial charge in [-0.25, -0.2) is 0 Å². The lowest BCUT2D eigenvalue weighted by Crippen LogP contribution is -2.43. The maximum absolute atomic E-state index is 6.24. The van der Waals surface area contributed by atoms with Crippen LogP contribution in [0.15, 0.2) is 6.07 Å². The van der Waals surface area contributed by atoms with E-state index in [2.05, 4.69) is 31.7 Å². The van der Waals surface area contributed by atoms with Crippen LogP contribution in [0.1, 0.15) is 91.0 Å². The summed E-state index contributed by atoms with van der Waals surface area (Å²) >= 11 is 0. The van der Waals surface area contributed by atoms with Crippen LogP contribution in [0, 0.1) is 20.8 Å². The Morgan fingerprint density at radius 3 is 2.28 bits per heavy atom. The highest BCUT2D eigenvalue weighted by atomic mass is 16.5. The van der Waals surface area contributed by atoms with Gasteiger partial charge in [-0.05, 0) is 125 Å². The number of hydrogen-bond acceptors (Lipinski definition) is 3. The lowest BCUT2D eigenvalue weighted by Gasteiger charge is -2.40. The van der Waals surface area contributed by atoms with E-state index < -0.39 is 0 Å². The minimum Gasteiger partial charge on any atom is -0.381 e. The van der Waals surface area contributed by atoms with Crippen LogP contribution >= 0.6 is 0 Å². The molecule has 29 heavy (non-hydrogen) atoms. The molecule has 3 nitrogen and oxygen atoms in total. The average Bonchev–Trinajstić information content (AvgIpc) is 3.19. The molecule has 0 aromatic heterocycles. The van der Waals surface area contributed by atoms with E-state index in [4.69, 9.17) is 9.47 Å². The van der Waals surface area contributed by atoms with Gasteiger partial charge in [0.1, 0.15) is 0 Å². The van der Waals surface area contributed by atoms with Crippen molar-refractivity contribution in [2.45, 2.75) is 95.6 Å². The lowest BCUT2D eigenvalue weighted by atomic mass is 9.75. The number of ether oxygens (including phenoxy) is 2. The molecule has 3 heterocycles. The third kappa shape index (κ3) is 3.68. The molecule has 1 saturated carbocycles. The quantitative estimate of drug-likeness (QED) is 0.682. The number of hydrogen-bond donors (Lipinski definition) is 0. The first-order chi connectivity index (χ1) is 14.1. The van der Waals surface area contributed by atoms with Crippen LogP contribution in [0.3, 0.4) is 0 Å². The maximum Gasteiger partial charge on any atom is 0.0699 e. The third-order valence-electron chi connectivity index (χ3n) is 8.81. The number of nitrogens with zero attached hydrogens (tertiary/aromatic N) is 1. The van der Waals surface area contributed by atoms with Crippen LogP contribution in [0.2, 0.25) is 0 Å². The second kappa shape index (κ2) is 7.98. The molecule has 0 unspecified atom stereocenters. The van der Waals surface area contributed by atoms with Gasteiger partial charge in [-0.3, -0.25) is 4.90 Å². The van der Waals surface area contributed by atoms with Gasteiger partial charge < -0.3 is 9.47 Å². The second-order valence-corrected chi connectivity index (χ2v) is 10.3. The fourth-order valence-electron chi connectivity index (χ4n) is 6.55. The predicted octanol–water partition coefficient (Wildman–Crippen LogP) is 5.40. The molecule has 1 aliphatic carbocycles. The standard InChI is InChI=1S/C26H39NO2/c1-18-15-24(25(20(3)19(18)2)22-7-13-28-14-8-22)21-5-11-27(12-6-21)23-16-26(29-17-23)9-4-10-26/h15,21-23H,4-14,16-17H2,1-3H3/t23-/m0/s1. The van der Waals surface area contributed by atoms with Gasteiger partial charge in [-0.2, -0.15) is 0 Å². The molecule has 0 radical (unpaired) electrons. The molecule has 3 saturated heterocycles. The van der Waals surface area contributed by atoms with E-state index in [1.54, 1.807) is 16.7 Å². The molecule has 3 heteroatoms. The van der Waals surface area contributed by atoms with Crippen molar-refractivity contribution in [3.8, 4) is 0 Å². The molecular weight excluding hydrogens is 358 g/mol. The molecule has 4 fully saturated rings. The van der Waals surface area contributed by atoms with Crippen molar-refractivity contribution in [1.82, 2.24) is 4.90 Å². The molecule has 0 N–H and O–H groups in total. The van der Waals surface area contributed by atoms with E-state index in [-0.39, 0.29) is 5.60 Å². The van der Waals surface area contributed by atoms with E-state index in [9.17, 15) is 0 Å². The van der Waals surface area contributed by atoms with E-state index in [1.807, 2.05) is 0 Å². The van der Waals surface area contributed by atoms with Crippen molar-refractivity contribution in [2.24, 2.45) is 0 Å². The largest absolute Gasteiger partial charge is 0.381 e. The average molecular weight is 398 g/mol. The molecule has 0 bridgehead atoms. The van der Waals surface area contributed by atoms with E-state index >= 15 is 0 Å². The first-order valence-corrected chi connectivity index (χ1v) is 12.1. The number of benzene rings is 1. The lowest BCUT2D eigenvalue weighted by molar-refractivity contribution is -0.0567. The smallest absolute Gasteiger partial charge is 0.0699 e. The molecule has 3 aliphatic heterocycles. The SMILES string of the molecule is Cc1cc(C2CCN([C@@H]3COC4(CCC4)C3)CC2)c(C2CCOCC2)c(C)c1C. The van der Waals surface area contributed by atoms with E-state index in [0.29, 0.717) is 12.0 Å². The van der Waals surface area contributed by atoms with Gasteiger partial charge in [-0.1, -0.05) is 6.07 Å². The van der Waals surface area contributed by atoms with Crippen LogP contribution < -0.4 is 0 Å². The fourth-order valence-corrected chi connectivity index (χ4v) is 6.55. The third-order valence-corrected chi connectivity index (χ3v) is 8.81. The first-order valence-electron chi connectivity index (χ1n) is 12.1. The predicted molar refractivity (Wildman–Crippen MR) is 118 cm³/mol. The zero-order valence-electron chi connectivity index (χ0n) is 18.8. The van der Waals surface area contributed by atoms with Gasteiger partial charge in [0.25, 0.3) is 0 Å². The Morgan fingerprint density at radius 1 is 0.931 bits per heavy atom. The van der Waals surface area contributed by atoms with E-state index in [1.165, 1.54) is 75.6 Å². The first kappa shape index (κ1) is 20.0. The summed E-state index contributed by atoms with van der Waals surface area (Å²) in [5, 5.41) is 0. The highest BCUT2D eigenvalue weighted by Crippen LogP contribution is 2.46. The van der Waals surface area contributed by atoms with Crippen molar-refractivity contribution >= 4 is 0 Å². The van der Waals surface area contributed by atoms with Crippen LogP contribution in [0.4, 0.5) is 0 Å². The highest BCUT2D eigenvalue weighted by Gasteiger charge is 2.46. The summed E-state index contributed by atoms with van der Waals surface area (Å²) < 4.78 is 11.9. The summed E-state index contributed by atoms with van der Waals surface area (Å²) in [5.41, 5.74) is 8.18. The van der Waals surface area contributed by atoms with Crippen LogP contribution in [-0.2, 0) is 9.47 Å². The van der Waals surface area contributed by atoms with Crippen LogP contribution in [0.5, 0.6) is 0 Å². The fraction of sp³-hybridized carbons (Fsp3) is 0.769. The van der Waals surface area contributed by atoms with Gasteiger partial charge >= 0.3 is 0 Å². The van der Waals surface area contributed by atoms with Gasteiger partial charge in [0.2, 0.25) is 0 Å². The molecule has 1 aromatic rings. The Hall–Kier alpha value is -0.900. The molecule has 160 valence electrons. The molecule has 4 aliphatic rings. The molecule has 1 spiro atoms. The maximum atomic E-state index is 6.24. The second-order valence-electron chi connectivity index (χ2n) is 10.3. The Bertz CT molecular complexity index is 740. The monoisotopic (exact) mass is 397 g/mol. The number of rotatable bonds is 3. The van der Waals surface area contributed by atoms with Gasteiger partial charge in [0.05, 0.1) is 12.2 Å². The van der Waals surface area contributed by atoms with Crippen LogP contribution in [0.25, 0.3) is 0 Å². The Labute approximate surface area is 177 Å². The summed E-state index contributed by atoms with van der Waals surface area (Å²) in [7, 11) is 0. The Balaban J connectivity index is 1.32. The molecule has 5 rings (SSSR count). The van der Waals surface area contributed by atoms with E-state index in [0.717, 1.165) is 25.7 Å². The topological polar surface area (TPSA) is 21.7 Å². The van der Waals surface area contributed by atoms with Gasteiger partial charge in [0.15, 0.2) is 0 Å². The molecule has 1 aromatic carbocycles. The summed E-state index contributed by atoms with van der Waals surface area (Å²) in [6.07, 6.45) is 10.3. The van der Waals surface area contributed by atoms with Gasteiger partial charge in [0, 0.05) is 19.3 Å². The summed E-state index contributed by atoms with van der Waals surface area (Å²) in [4.78, 5) is 2.76. The van der Waals surface area contributed by atoms with Crippen molar-refractivity contribution in [2.75, 3.05) is 32.9 Å². The minimum atomic E-state index is 0.281. The normalized spacial score (nSPS) is 28.7. The Kier molecular flexibility index (Phi) is 5.51. The van der Waals surface area contributed by atoms with Crippen LogP contribution in [-0.4, -0.2) is 49.5 Å². The van der Waals surface area contributed by atoms with Crippen molar-refractivity contribution in [3.63, 3.8) is 0 Å². The molecular formula is C26H39NO2. The van der Waals surface area contributed by atoms with Crippen molar-refractivity contribution in [3.05, 3.63) is 33.9 Å². The van der Waals surface area contributed by atoms with Crippen molar-refractivity contribution in [1.29, 1.82) is 0 Å². The zero-order chi connectivity index (χ0) is 20.0. The van der Waals surface area contributed by atoms with Crippen molar-refractivity contribution < 1.29 is 9.47 Å². The minimum absolute atomic E-state index is 0.281. The zero-order valence-corrected chi connectivity index (χ0v) is 18.8. The van der Waals surface area contributed by atoms with Gasteiger partial charge in [-0.15, -0.1) is 0 Å². The molecule has 1 atom stereocenters. The molecule has 0 amide bonds. The number of piperidine rings is 1.